The average molecular weight is 388 g/mol. The number of barbiturate groups is 1. The number of imidazole rings is 1. The fourth-order valence-electron chi connectivity index (χ4n) is 3.48. The number of phenolic OH excluding ortho intramolecular Hbond substituents is 1. The molecule has 1 aromatic carbocycles. The number of aromatic nitrogens is 2. The number of nitrogens with one attached hydrogen (secondary N) is 2. The van der Waals surface area contributed by atoms with Crippen LogP contribution in [0.15, 0.2) is 24.3 Å². The van der Waals surface area contributed by atoms with Gasteiger partial charge in [0.05, 0.1) is 6.61 Å². The Morgan fingerprint density at radius 3 is 2.25 bits per heavy atom. The van der Waals surface area contributed by atoms with Crippen LogP contribution in [-0.4, -0.2) is 39.2 Å². The molecule has 0 aliphatic carbocycles. The summed E-state index contributed by atoms with van der Waals surface area (Å²) in [6.45, 7) is 3.12. The first kappa shape index (κ1) is 19.4. The number of imide groups is 2. The number of rotatable bonds is 5. The normalized spacial score (nSPS) is 16.0. The minimum absolute atomic E-state index is 0.0247. The van der Waals surface area contributed by atoms with Crippen LogP contribution in [0.2, 0.25) is 0 Å². The molecule has 0 saturated carbocycles. The van der Waals surface area contributed by atoms with E-state index in [-0.39, 0.29) is 24.7 Å². The summed E-state index contributed by atoms with van der Waals surface area (Å²) in [5.74, 6) is -4.06. The van der Waals surface area contributed by atoms with Crippen molar-refractivity contribution >= 4 is 17.8 Å². The molecule has 148 valence electrons. The van der Waals surface area contributed by atoms with Crippen LogP contribution < -0.4 is 15.4 Å². The number of hydrogen-bond donors (Lipinski definition) is 4. The van der Waals surface area contributed by atoms with Crippen LogP contribution in [0.4, 0.5) is 4.79 Å². The molecule has 2 aromatic rings. The highest BCUT2D eigenvalue weighted by Crippen LogP contribution is 2.34. The summed E-state index contributed by atoms with van der Waals surface area (Å²) in [5, 5.41) is 36.1. The number of nitrogens with zero attached hydrogens (tertiary/aromatic N) is 2. The molecule has 2 heterocycles. The van der Waals surface area contributed by atoms with Crippen LogP contribution in [0.25, 0.3) is 0 Å². The maximum atomic E-state index is 12.9. The first-order chi connectivity index (χ1) is 13.3. The molecule has 4 amide bonds. The van der Waals surface area contributed by atoms with Crippen LogP contribution >= 0.6 is 0 Å². The molecule has 0 radical (unpaired) electrons. The molecule has 28 heavy (non-hydrogen) atoms. The second-order valence-electron chi connectivity index (χ2n) is 6.55. The van der Waals surface area contributed by atoms with Gasteiger partial charge >= 0.3 is 6.03 Å². The van der Waals surface area contributed by atoms with E-state index in [0.29, 0.717) is 21.7 Å². The van der Waals surface area contributed by atoms with Crippen LogP contribution in [0.3, 0.4) is 0 Å². The van der Waals surface area contributed by atoms with Crippen molar-refractivity contribution in [1.29, 1.82) is 0 Å². The second-order valence-corrected chi connectivity index (χ2v) is 6.55. The molecule has 1 aliphatic rings. The fraction of sp³-hybridized carbons (Fsp3) is 0.333. The van der Waals surface area contributed by atoms with E-state index in [1.165, 1.54) is 24.3 Å². The molecule has 0 bridgehead atoms. The average Bonchev–Trinajstić information content (AvgIpc) is 2.84. The molecule has 10 nitrogen and oxygen atoms in total. The first-order valence-corrected chi connectivity index (χ1v) is 8.60. The highest BCUT2D eigenvalue weighted by atomic mass is 16.5. The summed E-state index contributed by atoms with van der Waals surface area (Å²) < 4.78 is 2.18. The van der Waals surface area contributed by atoms with Crippen molar-refractivity contribution in [2.75, 3.05) is 6.61 Å². The van der Waals surface area contributed by atoms with Crippen molar-refractivity contribution in [2.24, 2.45) is 5.92 Å². The van der Waals surface area contributed by atoms with Gasteiger partial charge in [0.1, 0.15) is 35.5 Å². The maximum absolute atomic E-state index is 12.9. The lowest BCUT2D eigenvalue weighted by Gasteiger charge is -2.27. The zero-order valence-electron chi connectivity index (χ0n) is 15.3. The van der Waals surface area contributed by atoms with E-state index < -0.39 is 29.7 Å². The predicted octanol–water partition coefficient (Wildman–Crippen LogP) is -0.450. The van der Waals surface area contributed by atoms with Gasteiger partial charge in [-0.25, -0.2) is 14.1 Å². The maximum Gasteiger partial charge on any atom is 0.328 e. The Labute approximate surface area is 160 Å². The number of aliphatic hydroxyl groups is 1. The summed E-state index contributed by atoms with van der Waals surface area (Å²) in [6, 6.07) is 4.82. The van der Waals surface area contributed by atoms with Crippen molar-refractivity contribution in [1.82, 2.24) is 15.2 Å². The molecule has 4 N–H and O–H groups in total. The molecule has 1 saturated heterocycles. The van der Waals surface area contributed by atoms with E-state index >= 15 is 0 Å². The fourth-order valence-corrected chi connectivity index (χ4v) is 3.48. The van der Waals surface area contributed by atoms with E-state index in [9.17, 15) is 29.8 Å². The number of carbonyl (C=O) groups excluding carboxylic acids is 3. The number of benzene rings is 1. The van der Waals surface area contributed by atoms with Gasteiger partial charge in [0.25, 0.3) is 5.82 Å². The number of aliphatic hydroxyl groups excluding tert-OH is 1. The Balaban J connectivity index is 2.25. The van der Waals surface area contributed by atoms with Gasteiger partial charge in [-0.15, -0.1) is 0 Å². The smallest absolute Gasteiger partial charge is 0.328 e. The van der Waals surface area contributed by atoms with Crippen LogP contribution in [-0.2, 0) is 16.1 Å². The Morgan fingerprint density at radius 1 is 1.14 bits per heavy atom. The SMILES string of the molecule is Cc1c(C)[n+]([O-])c([C@@H](c2ccc(O)cc2)C2C(=O)NC(=O)NC2=O)n1CCO. The quantitative estimate of drug-likeness (QED) is 0.310. The van der Waals surface area contributed by atoms with Crippen molar-refractivity contribution < 1.29 is 29.3 Å². The minimum atomic E-state index is -1.39. The van der Waals surface area contributed by atoms with Gasteiger partial charge in [0.2, 0.25) is 11.8 Å². The number of urea groups is 1. The third-order valence-corrected chi connectivity index (χ3v) is 4.94. The zero-order valence-corrected chi connectivity index (χ0v) is 15.3. The molecule has 1 fully saturated rings. The van der Waals surface area contributed by atoms with Gasteiger partial charge in [0.15, 0.2) is 0 Å². The summed E-state index contributed by atoms with van der Waals surface area (Å²) in [6.07, 6.45) is 0. The van der Waals surface area contributed by atoms with E-state index in [2.05, 4.69) is 10.6 Å². The van der Waals surface area contributed by atoms with Crippen LogP contribution in [0.1, 0.15) is 28.7 Å². The summed E-state index contributed by atoms with van der Waals surface area (Å²) >= 11 is 0. The molecule has 10 heteroatoms. The summed E-state index contributed by atoms with van der Waals surface area (Å²) in [5.41, 5.74) is 1.36. The third-order valence-electron chi connectivity index (χ3n) is 4.94. The number of carbonyl (C=O) groups is 3. The molecule has 1 aromatic heterocycles. The molecule has 1 aliphatic heterocycles. The van der Waals surface area contributed by atoms with Crippen LogP contribution in [0.5, 0.6) is 5.75 Å². The molecule has 0 unspecified atom stereocenters. The highest BCUT2D eigenvalue weighted by molar-refractivity contribution is 6.16. The van der Waals surface area contributed by atoms with E-state index in [4.69, 9.17) is 0 Å². The topological polar surface area (TPSA) is 148 Å². The standard InChI is InChI=1S/C18H20N4O6/c1-9-10(2)22(28)17(21(9)7-8-23)13(11-3-5-12(24)6-4-11)14-15(25)19-18(27)20-16(14)26/h3-6,13-14,23-24H,7-8H2,1-2H3,(H2,19,20,25,26,27)/t13-/m0/s1. The first-order valence-electron chi connectivity index (χ1n) is 8.60. The van der Waals surface area contributed by atoms with Crippen molar-refractivity contribution in [2.45, 2.75) is 26.3 Å². The molecular formula is C18H20N4O6. The van der Waals surface area contributed by atoms with Crippen molar-refractivity contribution in [3.63, 3.8) is 0 Å². The van der Waals surface area contributed by atoms with Crippen molar-refractivity contribution in [3.05, 3.63) is 52.2 Å². The second kappa shape index (κ2) is 7.31. The molecule has 0 spiro atoms. The van der Waals surface area contributed by atoms with E-state index in [0.717, 1.165) is 0 Å². The van der Waals surface area contributed by atoms with Gasteiger partial charge in [-0.2, -0.15) is 0 Å². The number of phenols is 1. The third kappa shape index (κ3) is 3.18. The van der Waals surface area contributed by atoms with Gasteiger partial charge < -0.3 is 15.4 Å². The van der Waals surface area contributed by atoms with E-state index in [1.807, 2.05) is 0 Å². The molecule has 1 atom stereocenters. The summed E-state index contributed by atoms with van der Waals surface area (Å²) in [7, 11) is 0. The molecule has 3 rings (SSSR count). The van der Waals surface area contributed by atoms with E-state index in [1.54, 1.807) is 18.4 Å². The minimum Gasteiger partial charge on any atom is -0.711 e. The number of hydrogen-bond acceptors (Lipinski definition) is 6. The Kier molecular flexibility index (Phi) is 5.06. The highest BCUT2D eigenvalue weighted by Gasteiger charge is 2.47. The number of aromatic hydroxyl groups is 1. The monoisotopic (exact) mass is 388 g/mol. The Hall–Kier alpha value is -3.40. The summed E-state index contributed by atoms with van der Waals surface area (Å²) in [4.78, 5) is 36.5. The predicted molar refractivity (Wildman–Crippen MR) is 95.1 cm³/mol. The van der Waals surface area contributed by atoms with Gasteiger partial charge in [-0.05, 0) is 17.7 Å². The van der Waals surface area contributed by atoms with Gasteiger partial charge in [-0.1, -0.05) is 12.1 Å². The van der Waals surface area contributed by atoms with Crippen LogP contribution in [0, 0.1) is 25.0 Å². The number of amides is 4. The largest absolute Gasteiger partial charge is 0.711 e. The Bertz CT molecular complexity index is 930. The lowest BCUT2D eigenvalue weighted by Crippen LogP contribution is -2.58. The zero-order chi connectivity index (χ0) is 20.6. The van der Waals surface area contributed by atoms with Crippen molar-refractivity contribution in [3.8, 4) is 5.75 Å². The van der Waals surface area contributed by atoms with Gasteiger partial charge in [0, 0.05) is 13.8 Å². The Morgan fingerprint density at radius 2 is 1.71 bits per heavy atom. The molecular weight excluding hydrogens is 368 g/mol. The van der Waals surface area contributed by atoms with Gasteiger partial charge in [-0.3, -0.25) is 20.2 Å². The lowest BCUT2D eigenvalue weighted by molar-refractivity contribution is -0.621. The lowest BCUT2D eigenvalue weighted by atomic mass is 9.83.